The van der Waals surface area contributed by atoms with E-state index in [1.54, 1.807) is 14.2 Å². The van der Waals surface area contributed by atoms with Gasteiger partial charge >= 0.3 is 0 Å². The highest BCUT2D eigenvalue weighted by atomic mass is 16.5. The van der Waals surface area contributed by atoms with Crippen LogP contribution in [-0.4, -0.2) is 61.4 Å². The molecule has 1 saturated heterocycles. The average molecular weight is 383 g/mol. The maximum atomic E-state index is 5.26. The Morgan fingerprint density at radius 3 is 2.54 bits per heavy atom. The van der Waals surface area contributed by atoms with Crippen LogP contribution in [-0.2, 0) is 22.4 Å². The van der Waals surface area contributed by atoms with Gasteiger partial charge < -0.3 is 14.4 Å². The summed E-state index contributed by atoms with van der Waals surface area (Å²) in [5.74, 6) is 0.795. The lowest BCUT2D eigenvalue weighted by atomic mass is 9.98. The molecule has 2 bridgehead atoms. The molecule has 2 unspecified atom stereocenters. The van der Waals surface area contributed by atoms with E-state index in [9.17, 15) is 0 Å². The Hall–Kier alpha value is -2.02. The van der Waals surface area contributed by atoms with Crippen LogP contribution in [0, 0.1) is 0 Å². The number of nitrogens with zero attached hydrogens (tertiary/aromatic N) is 4. The summed E-state index contributed by atoms with van der Waals surface area (Å²) in [6.07, 6.45) is 5.51. The molecule has 1 aromatic carbocycles. The first-order valence-electron chi connectivity index (χ1n) is 10.2. The highest BCUT2D eigenvalue weighted by molar-refractivity contribution is 5.37. The average Bonchev–Trinajstić information content (AvgIpc) is 3.00. The molecule has 28 heavy (non-hydrogen) atoms. The minimum absolute atomic E-state index is 0.439. The van der Waals surface area contributed by atoms with Gasteiger partial charge in [0.1, 0.15) is 0 Å². The number of aromatic nitrogens is 2. The van der Waals surface area contributed by atoms with E-state index in [-0.39, 0.29) is 0 Å². The first-order valence-corrected chi connectivity index (χ1v) is 10.2. The molecule has 3 heterocycles. The van der Waals surface area contributed by atoms with Gasteiger partial charge in [-0.3, -0.25) is 4.90 Å². The second kappa shape index (κ2) is 8.99. The third kappa shape index (κ3) is 4.04. The smallest absolute Gasteiger partial charge is 0.225 e. The van der Waals surface area contributed by atoms with Gasteiger partial charge in [-0.1, -0.05) is 30.3 Å². The zero-order valence-electron chi connectivity index (χ0n) is 16.9. The van der Waals surface area contributed by atoms with Crippen LogP contribution in [0.2, 0.25) is 0 Å². The molecule has 150 valence electrons. The van der Waals surface area contributed by atoms with Crippen LogP contribution in [0.3, 0.4) is 0 Å². The van der Waals surface area contributed by atoms with Gasteiger partial charge in [0.25, 0.3) is 0 Å². The van der Waals surface area contributed by atoms with Gasteiger partial charge in [-0.2, -0.15) is 0 Å². The third-order valence-corrected chi connectivity index (χ3v) is 5.94. The van der Waals surface area contributed by atoms with Gasteiger partial charge in [0.2, 0.25) is 5.95 Å². The first kappa shape index (κ1) is 19.3. The number of fused-ring (bicyclic) bond motifs is 4. The molecule has 6 heteroatoms. The summed E-state index contributed by atoms with van der Waals surface area (Å²) in [4.78, 5) is 14.5. The quantitative estimate of drug-likeness (QED) is 0.665. The Morgan fingerprint density at radius 1 is 1.07 bits per heavy atom. The minimum atomic E-state index is 0.439. The van der Waals surface area contributed by atoms with E-state index in [2.05, 4.69) is 46.3 Å². The number of hydrogen-bond acceptors (Lipinski definition) is 6. The predicted molar refractivity (Wildman–Crippen MR) is 109 cm³/mol. The van der Waals surface area contributed by atoms with Crippen molar-refractivity contribution in [2.24, 2.45) is 0 Å². The third-order valence-electron chi connectivity index (χ3n) is 5.94. The van der Waals surface area contributed by atoms with Crippen molar-refractivity contribution in [2.45, 2.75) is 37.9 Å². The lowest BCUT2D eigenvalue weighted by molar-refractivity contribution is 0.166. The SMILES string of the molecule is COCCN(CCOC)c1ncc2c(n1)CC1CCC2N1Cc1ccccc1. The maximum Gasteiger partial charge on any atom is 0.225 e. The molecule has 0 aliphatic carbocycles. The fraction of sp³-hybridized carbons (Fsp3) is 0.545. The van der Waals surface area contributed by atoms with Crippen molar-refractivity contribution in [3.8, 4) is 0 Å². The molecule has 4 rings (SSSR count). The Morgan fingerprint density at radius 2 is 1.82 bits per heavy atom. The summed E-state index contributed by atoms with van der Waals surface area (Å²) in [6.45, 7) is 3.85. The molecule has 0 spiro atoms. The summed E-state index contributed by atoms with van der Waals surface area (Å²) >= 11 is 0. The lowest BCUT2D eigenvalue weighted by Crippen LogP contribution is -2.38. The number of hydrogen-bond donors (Lipinski definition) is 0. The summed E-state index contributed by atoms with van der Waals surface area (Å²) in [6, 6.07) is 11.8. The number of ether oxygens (including phenoxy) is 2. The van der Waals surface area contributed by atoms with Gasteiger partial charge in [-0.15, -0.1) is 0 Å². The topological polar surface area (TPSA) is 50.7 Å². The molecular weight excluding hydrogens is 352 g/mol. The molecule has 2 aliphatic rings. The van der Waals surface area contributed by atoms with Crippen LogP contribution in [0.25, 0.3) is 0 Å². The van der Waals surface area contributed by atoms with Crippen LogP contribution in [0.1, 0.15) is 35.7 Å². The summed E-state index contributed by atoms with van der Waals surface area (Å²) in [5, 5.41) is 0. The largest absolute Gasteiger partial charge is 0.383 e. The van der Waals surface area contributed by atoms with Crippen molar-refractivity contribution in [2.75, 3.05) is 45.4 Å². The monoisotopic (exact) mass is 382 g/mol. The predicted octanol–water partition coefficient (Wildman–Crippen LogP) is 2.84. The fourth-order valence-corrected chi connectivity index (χ4v) is 4.47. The van der Waals surface area contributed by atoms with Gasteiger partial charge in [-0.05, 0) is 18.4 Å². The Balaban J connectivity index is 1.53. The maximum absolute atomic E-state index is 5.26. The van der Waals surface area contributed by atoms with Gasteiger partial charge in [0, 0.05) is 64.1 Å². The van der Waals surface area contributed by atoms with Gasteiger partial charge in [-0.25, -0.2) is 9.97 Å². The minimum Gasteiger partial charge on any atom is -0.383 e. The second-order valence-corrected chi connectivity index (χ2v) is 7.65. The van der Waals surface area contributed by atoms with Crippen molar-refractivity contribution >= 4 is 5.95 Å². The molecule has 2 aromatic rings. The molecule has 0 radical (unpaired) electrons. The van der Waals surface area contributed by atoms with Crippen LogP contribution >= 0.6 is 0 Å². The van der Waals surface area contributed by atoms with Crippen LogP contribution in [0.4, 0.5) is 5.95 Å². The number of methoxy groups -OCH3 is 2. The lowest BCUT2D eigenvalue weighted by Gasteiger charge is -2.36. The summed E-state index contributed by atoms with van der Waals surface area (Å²) in [5.41, 5.74) is 3.92. The van der Waals surface area contributed by atoms with E-state index in [0.29, 0.717) is 25.3 Å². The van der Waals surface area contributed by atoms with E-state index in [4.69, 9.17) is 19.4 Å². The number of rotatable bonds is 9. The van der Waals surface area contributed by atoms with Gasteiger partial charge in [0.15, 0.2) is 0 Å². The fourth-order valence-electron chi connectivity index (χ4n) is 4.47. The van der Waals surface area contributed by atoms with Crippen molar-refractivity contribution in [3.05, 3.63) is 53.3 Å². The van der Waals surface area contributed by atoms with Crippen LogP contribution < -0.4 is 4.90 Å². The van der Waals surface area contributed by atoms with Crippen molar-refractivity contribution < 1.29 is 9.47 Å². The van der Waals surface area contributed by atoms with E-state index >= 15 is 0 Å². The molecule has 1 aromatic heterocycles. The Bertz CT molecular complexity index is 762. The normalized spacial score (nSPS) is 20.9. The molecule has 2 aliphatic heterocycles. The molecule has 2 atom stereocenters. The standard InChI is InChI=1S/C22H30N4O2/c1-27-12-10-25(11-13-28-2)22-23-15-19-20(24-22)14-18-8-9-21(19)26(18)16-17-6-4-3-5-7-17/h3-7,15,18,21H,8-14,16H2,1-2H3. The second-order valence-electron chi connectivity index (χ2n) is 7.65. The number of anilines is 1. The molecule has 6 nitrogen and oxygen atoms in total. The van der Waals surface area contributed by atoms with Gasteiger partial charge in [0.05, 0.1) is 18.9 Å². The summed E-state index contributed by atoms with van der Waals surface area (Å²) < 4.78 is 10.5. The van der Waals surface area contributed by atoms with Crippen molar-refractivity contribution in [1.82, 2.24) is 14.9 Å². The van der Waals surface area contributed by atoms with E-state index < -0.39 is 0 Å². The molecular formula is C22H30N4O2. The van der Waals surface area contributed by atoms with Crippen molar-refractivity contribution in [1.29, 1.82) is 0 Å². The van der Waals surface area contributed by atoms with E-state index in [1.807, 2.05) is 0 Å². The zero-order valence-corrected chi connectivity index (χ0v) is 16.9. The van der Waals surface area contributed by atoms with Crippen LogP contribution in [0.15, 0.2) is 36.5 Å². The highest BCUT2D eigenvalue weighted by Crippen LogP contribution is 2.43. The van der Waals surface area contributed by atoms with E-state index in [0.717, 1.165) is 32.0 Å². The Kier molecular flexibility index (Phi) is 6.20. The number of benzene rings is 1. The molecule has 0 saturated carbocycles. The first-order chi connectivity index (χ1) is 13.8. The van der Waals surface area contributed by atoms with Crippen molar-refractivity contribution in [3.63, 3.8) is 0 Å². The molecule has 0 N–H and O–H groups in total. The van der Waals surface area contributed by atoms with Crippen LogP contribution in [0.5, 0.6) is 0 Å². The van der Waals surface area contributed by atoms with E-state index in [1.165, 1.54) is 29.7 Å². The molecule has 0 amide bonds. The Labute approximate surface area is 167 Å². The summed E-state index contributed by atoms with van der Waals surface area (Å²) in [7, 11) is 3.45. The highest BCUT2D eigenvalue weighted by Gasteiger charge is 2.40. The molecule has 1 fully saturated rings. The zero-order chi connectivity index (χ0) is 19.3.